The number of nitrogens with zero attached hydrogens (tertiary/aromatic N) is 4. The van der Waals surface area contributed by atoms with Gasteiger partial charge in [0, 0.05) is 24.5 Å². The van der Waals surface area contributed by atoms with Crippen molar-refractivity contribution in [3.63, 3.8) is 0 Å². The first-order valence-corrected chi connectivity index (χ1v) is 10.8. The third kappa shape index (κ3) is 4.16. The van der Waals surface area contributed by atoms with Crippen molar-refractivity contribution in [1.82, 2.24) is 18.8 Å². The van der Waals surface area contributed by atoms with E-state index in [9.17, 15) is 18.0 Å². The molecule has 29 heavy (non-hydrogen) atoms. The fourth-order valence-corrected chi connectivity index (χ4v) is 4.52. The van der Waals surface area contributed by atoms with Gasteiger partial charge in [-0.1, -0.05) is 23.2 Å². The van der Waals surface area contributed by atoms with Crippen LogP contribution in [0.15, 0.2) is 58.4 Å². The Morgan fingerprint density at radius 3 is 1.59 bits per heavy atom. The summed E-state index contributed by atoms with van der Waals surface area (Å²) in [5.74, 6) is -0.938. The molecular formula is C18H12Cl2N4O4S. The fraction of sp³-hybridized carbons (Fsp3) is 0.111. The zero-order valence-electron chi connectivity index (χ0n) is 14.6. The first-order chi connectivity index (χ1) is 13.7. The lowest BCUT2D eigenvalue weighted by molar-refractivity contribution is 0.593. The van der Waals surface area contributed by atoms with Crippen LogP contribution in [0.4, 0.5) is 0 Å². The summed E-state index contributed by atoms with van der Waals surface area (Å²) in [4.78, 5) is 32.8. The Kier molecular flexibility index (Phi) is 4.89. The van der Waals surface area contributed by atoms with E-state index in [1.807, 2.05) is 0 Å². The predicted octanol–water partition coefficient (Wildman–Crippen LogP) is 2.12. The van der Waals surface area contributed by atoms with Gasteiger partial charge in [0.05, 0.1) is 32.9 Å². The molecule has 0 bridgehead atoms. The van der Waals surface area contributed by atoms with Gasteiger partial charge in [-0.2, -0.15) is 0 Å². The summed E-state index contributed by atoms with van der Waals surface area (Å²) < 4.78 is 27.7. The summed E-state index contributed by atoms with van der Waals surface area (Å²) in [6.45, 7) is 0. The lowest BCUT2D eigenvalue weighted by atomic mass is 10.4. The largest absolute Gasteiger partial charge is 0.269 e. The third-order valence-corrected chi connectivity index (χ3v) is 6.01. The number of pyridine rings is 2. The highest BCUT2D eigenvalue weighted by Crippen LogP contribution is 2.13. The van der Waals surface area contributed by atoms with Crippen LogP contribution >= 0.6 is 23.2 Å². The van der Waals surface area contributed by atoms with Crippen LogP contribution in [0.5, 0.6) is 0 Å². The monoisotopic (exact) mass is 450 g/mol. The predicted molar refractivity (Wildman–Crippen MR) is 109 cm³/mol. The first-order valence-electron chi connectivity index (χ1n) is 8.26. The molecule has 0 aromatic carbocycles. The molecule has 0 unspecified atom stereocenters. The molecule has 0 aliphatic heterocycles. The number of hydrogen-bond donors (Lipinski definition) is 0. The molecule has 11 heteroatoms. The smallest absolute Gasteiger partial charge is 0.258 e. The Bertz CT molecular complexity index is 1390. The number of hydrogen-bond acceptors (Lipinski definition) is 6. The van der Waals surface area contributed by atoms with Crippen LogP contribution in [0.25, 0.3) is 11.3 Å². The van der Waals surface area contributed by atoms with Crippen molar-refractivity contribution in [3.8, 4) is 0 Å². The molecule has 0 amide bonds. The molecule has 4 heterocycles. The van der Waals surface area contributed by atoms with Crippen molar-refractivity contribution in [2.75, 3.05) is 0 Å². The molecule has 0 aliphatic rings. The first kappa shape index (κ1) is 19.6. The summed E-state index contributed by atoms with van der Waals surface area (Å²) >= 11 is 11.7. The molecule has 0 radical (unpaired) electrons. The Morgan fingerprint density at radius 2 is 1.17 bits per heavy atom. The Balaban J connectivity index is 1.66. The molecule has 0 fully saturated rings. The minimum absolute atomic E-state index is 0.0987. The fourth-order valence-electron chi connectivity index (χ4n) is 2.90. The van der Waals surface area contributed by atoms with Crippen LogP contribution in [0, 0.1) is 0 Å². The van der Waals surface area contributed by atoms with Gasteiger partial charge >= 0.3 is 0 Å². The van der Waals surface area contributed by atoms with E-state index in [2.05, 4.69) is 9.97 Å². The normalized spacial score (nSPS) is 11.9. The quantitative estimate of drug-likeness (QED) is 0.471. The average Bonchev–Trinajstić information content (AvgIpc) is 2.62. The summed E-state index contributed by atoms with van der Waals surface area (Å²) in [5.41, 5.74) is -0.122. The molecule has 0 atom stereocenters. The lowest BCUT2D eigenvalue weighted by Gasteiger charge is -2.07. The standard InChI is InChI=1S/C18H12Cl2N4O4S/c19-11-1-3-15-21-13(5-17(25)23(15)7-11)9-29(27,28)10-14-6-18(26)24-8-12(20)2-4-16(24)22-14/h1-8H,9-10H2. The molecule has 4 rings (SSSR count). The zero-order valence-corrected chi connectivity index (χ0v) is 16.9. The second kappa shape index (κ2) is 7.25. The van der Waals surface area contributed by atoms with Crippen molar-refractivity contribution >= 4 is 44.3 Å². The van der Waals surface area contributed by atoms with E-state index in [0.29, 0.717) is 10.0 Å². The van der Waals surface area contributed by atoms with Gasteiger partial charge in [0.15, 0.2) is 9.84 Å². The summed E-state index contributed by atoms with van der Waals surface area (Å²) in [7, 11) is -3.75. The molecular weight excluding hydrogens is 439 g/mol. The van der Waals surface area contributed by atoms with Crippen LogP contribution in [0.2, 0.25) is 10.0 Å². The summed E-state index contributed by atoms with van der Waals surface area (Å²) in [6.07, 6.45) is 2.81. The maximum atomic E-state index is 12.6. The number of rotatable bonds is 4. The topological polar surface area (TPSA) is 103 Å². The number of aromatic nitrogens is 4. The molecule has 8 nitrogen and oxygen atoms in total. The van der Waals surface area contributed by atoms with Gasteiger partial charge in [-0.05, 0) is 24.3 Å². The Labute approximate surface area is 173 Å². The Morgan fingerprint density at radius 1 is 0.759 bits per heavy atom. The van der Waals surface area contributed by atoms with E-state index >= 15 is 0 Å². The van der Waals surface area contributed by atoms with Crippen molar-refractivity contribution in [2.45, 2.75) is 11.5 Å². The lowest BCUT2D eigenvalue weighted by Crippen LogP contribution is -2.19. The van der Waals surface area contributed by atoms with E-state index in [1.165, 1.54) is 33.3 Å². The second-order valence-electron chi connectivity index (χ2n) is 6.35. The molecule has 0 saturated carbocycles. The van der Waals surface area contributed by atoms with Gasteiger partial charge in [-0.15, -0.1) is 0 Å². The van der Waals surface area contributed by atoms with E-state index in [4.69, 9.17) is 23.2 Å². The molecule has 0 aliphatic carbocycles. The highest BCUT2D eigenvalue weighted by atomic mass is 35.5. The van der Waals surface area contributed by atoms with Crippen LogP contribution in [0.1, 0.15) is 11.4 Å². The van der Waals surface area contributed by atoms with Crippen LogP contribution in [-0.2, 0) is 21.3 Å². The molecule has 4 aromatic heterocycles. The minimum Gasteiger partial charge on any atom is -0.269 e. The van der Waals surface area contributed by atoms with Crippen LogP contribution < -0.4 is 11.1 Å². The average molecular weight is 451 g/mol. The zero-order chi connectivity index (χ0) is 20.8. The molecule has 148 valence electrons. The van der Waals surface area contributed by atoms with Gasteiger partial charge in [0.1, 0.15) is 11.3 Å². The van der Waals surface area contributed by atoms with E-state index in [0.717, 1.165) is 12.1 Å². The van der Waals surface area contributed by atoms with Crippen molar-refractivity contribution in [3.05, 3.63) is 90.9 Å². The van der Waals surface area contributed by atoms with Crippen LogP contribution in [-0.4, -0.2) is 27.2 Å². The molecule has 4 aromatic rings. The van der Waals surface area contributed by atoms with Crippen molar-refractivity contribution < 1.29 is 8.42 Å². The number of fused-ring (bicyclic) bond motifs is 2. The van der Waals surface area contributed by atoms with Crippen molar-refractivity contribution in [2.24, 2.45) is 0 Å². The van der Waals surface area contributed by atoms with Gasteiger partial charge < -0.3 is 0 Å². The second-order valence-corrected chi connectivity index (χ2v) is 9.29. The summed E-state index contributed by atoms with van der Waals surface area (Å²) in [5, 5.41) is 0.716. The number of halogens is 2. The maximum Gasteiger partial charge on any atom is 0.258 e. The highest BCUT2D eigenvalue weighted by Gasteiger charge is 2.17. The highest BCUT2D eigenvalue weighted by molar-refractivity contribution is 7.89. The minimum atomic E-state index is -3.75. The van der Waals surface area contributed by atoms with E-state index in [-0.39, 0.29) is 22.7 Å². The number of sulfone groups is 1. The maximum absolute atomic E-state index is 12.6. The van der Waals surface area contributed by atoms with Gasteiger partial charge in [0.2, 0.25) is 0 Å². The third-order valence-electron chi connectivity index (χ3n) is 4.09. The Hall–Kier alpha value is -2.75. The van der Waals surface area contributed by atoms with Gasteiger partial charge in [-0.3, -0.25) is 18.4 Å². The van der Waals surface area contributed by atoms with E-state index < -0.39 is 32.5 Å². The molecule has 0 spiro atoms. The van der Waals surface area contributed by atoms with Crippen LogP contribution in [0.3, 0.4) is 0 Å². The summed E-state index contributed by atoms with van der Waals surface area (Å²) in [6, 6.07) is 8.45. The van der Waals surface area contributed by atoms with Crippen molar-refractivity contribution in [1.29, 1.82) is 0 Å². The van der Waals surface area contributed by atoms with Gasteiger partial charge in [-0.25, -0.2) is 18.4 Å². The SMILES string of the molecule is O=c1cc(CS(=O)(=O)Cc2cc(=O)n3cc(Cl)ccc3n2)nc2ccc(Cl)cn12. The molecule has 0 saturated heterocycles. The van der Waals surface area contributed by atoms with E-state index in [1.54, 1.807) is 12.1 Å². The molecule has 0 N–H and O–H groups in total. The van der Waals surface area contributed by atoms with Gasteiger partial charge in [0.25, 0.3) is 11.1 Å².